The first-order valence-corrected chi connectivity index (χ1v) is 10.0. The molecule has 0 saturated heterocycles. The normalized spacial score (nSPS) is 11.7. The Balaban J connectivity index is 2.60. The van der Waals surface area contributed by atoms with Gasteiger partial charge in [-0.05, 0) is 37.1 Å². The van der Waals surface area contributed by atoms with Crippen molar-refractivity contribution in [3.63, 3.8) is 0 Å². The van der Waals surface area contributed by atoms with Gasteiger partial charge in [0.15, 0.2) is 0 Å². The zero-order chi connectivity index (χ0) is 17.4. The van der Waals surface area contributed by atoms with Crippen molar-refractivity contribution in [3.05, 3.63) is 39.1 Å². The molecule has 2 aromatic rings. The largest absolute Gasteiger partial charge is 0.276 e. The van der Waals surface area contributed by atoms with Crippen molar-refractivity contribution in [1.82, 2.24) is 9.78 Å². The van der Waals surface area contributed by atoms with Crippen LogP contribution in [0.1, 0.15) is 22.5 Å². The third-order valence-corrected chi connectivity index (χ3v) is 6.08. The second-order valence-corrected chi connectivity index (χ2v) is 8.16. The molecule has 1 N–H and O–H groups in total. The van der Waals surface area contributed by atoms with Crippen LogP contribution in [0, 0.1) is 13.8 Å². The summed E-state index contributed by atoms with van der Waals surface area (Å²) in [6, 6.07) is 3.36. The number of rotatable bonds is 5. The predicted octanol–water partition coefficient (Wildman–Crippen LogP) is 4.08. The second kappa shape index (κ2) is 7.01. The van der Waals surface area contributed by atoms with Gasteiger partial charge in [0, 0.05) is 23.3 Å². The zero-order valence-electron chi connectivity index (χ0n) is 12.8. The van der Waals surface area contributed by atoms with Gasteiger partial charge in [0.1, 0.15) is 0 Å². The summed E-state index contributed by atoms with van der Waals surface area (Å²) >= 11 is 15.2. The standard InChI is InChI=1S/C14H16BrCl2N3O2S/c1-8-13(9(2)20(3)18-8)19-23(21,22)14-10(6-16)4-12(15)5-11(14)7-17/h4-5,19H,6-7H2,1-3H3. The molecule has 5 nitrogen and oxygen atoms in total. The molecule has 0 fully saturated rings. The van der Waals surface area contributed by atoms with Crippen molar-refractivity contribution in [3.8, 4) is 0 Å². The summed E-state index contributed by atoms with van der Waals surface area (Å²) in [6.45, 7) is 3.54. The third-order valence-electron chi connectivity index (χ3n) is 3.51. The van der Waals surface area contributed by atoms with Crippen molar-refractivity contribution in [1.29, 1.82) is 0 Å². The van der Waals surface area contributed by atoms with Crippen LogP contribution in [0.15, 0.2) is 21.5 Å². The minimum absolute atomic E-state index is 0.0601. The number of anilines is 1. The molecule has 1 aromatic heterocycles. The first-order chi connectivity index (χ1) is 10.7. The van der Waals surface area contributed by atoms with Gasteiger partial charge >= 0.3 is 0 Å². The van der Waals surface area contributed by atoms with Crippen LogP contribution in [0.4, 0.5) is 5.69 Å². The Hall–Kier alpha value is -0.760. The fourth-order valence-corrected chi connectivity index (χ4v) is 5.11. The number of hydrogen-bond acceptors (Lipinski definition) is 3. The van der Waals surface area contributed by atoms with Crippen LogP contribution >= 0.6 is 39.1 Å². The van der Waals surface area contributed by atoms with Gasteiger partial charge in [-0.1, -0.05) is 15.9 Å². The Morgan fingerprint density at radius 1 is 1.22 bits per heavy atom. The summed E-state index contributed by atoms with van der Waals surface area (Å²) < 4.78 is 30.8. The van der Waals surface area contributed by atoms with Gasteiger partial charge in [0.05, 0.1) is 22.0 Å². The van der Waals surface area contributed by atoms with Crippen LogP contribution in [0.5, 0.6) is 0 Å². The van der Waals surface area contributed by atoms with Gasteiger partial charge in [-0.15, -0.1) is 23.2 Å². The van der Waals surface area contributed by atoms with Gasteiger partial charge in [-0.25, -0.2) is 8.42 Å². The number of hydrogen-bond donors (Lipinski definition) is 1. The van der Waals surface area contributed by atoms with E-state index in [-0.39, 0.29) is 16.7 Å². The van der Waals surface area contributed by atoms with Crippen LogP contribution in [-0.4, -0.2) is 18.2 Å². The molecule has 0 unspecified atom stereocenters. The van der Waals surface area contributed by atoms with Gasteiger partial charge in [0.2, 0.25) is 0 Å². The minimum atomic E-state index is -3.84. The van der Waals surface area contributed by atoms with Crippen molar-refractivity contribution >= 4 is 54.8 Å². The highest BCUT2D eigenvalue weighted by Crippen LogP contribution is 2.31. The number of aryl methyl sites for hydroxylation is 2. The molecule has 0 saturated carbocycles. The molecule has 0 amide bonds. The molecule has 0 atom stereocenters. The number of alkyl halides is 2. The first kappa shape index (κ1) is 18.6. The fourth-order valence-electron chi connectivity index (χ4n) is 2.36. The lowest BCUT2D eigenvalue weighted by molar-refractivity contribution is 0.599. The number of sulfonamides is 1. The molecule has 0 aliphatic heterocycles. The topological polar surface area (TPSA) is 64.0 Å². The zero-order valence-corrected chi connectivity index (χ0v) is 16.7. The van der Waals surface area contributed by atoms with E-state index in [4.69, 9.17) is 23.2 Å². The lowest BCUT2D eigenvalue weighted by atomic mass is 10.1. The summed E-state index contributed by atoms with van der Waals surface area (Å²) in [4.78, 5) is 0.119. The van der Waals surface area contributed by atoms with Crippen molar-refractivity contribution in [2.24, 2.45) is 7.05 Å². The van der Waals surface area contributed by atoms with Gasteiger partial charge in [0.25, 0.3) is 10.0 Å². The molecule has 126 valence electrons. The molecule has 9 heteroatoms. The van der Waals surface area contributed by atoms with Crippen LogP contribution in [0.2, 0.25) is 0 Å². The lowest BCUT2D eigenvalue weighted by Crippen LogP contribution is -2.18. The average molecular weight is 441 g/mol. The van der Waals surface area contributed by atoms with E-state index in [2.05, 4.69) is 25.8 Å². The van der Waals surface area contributed by atoms with E-state index in [1.54, 1.807) is 37.7 Å². The molecule has 0 aliphatic carbocycles. The molecule has 1 heterocycles. The van der Waals surface area contributed by atoms with Crippen molar-refractivity contribution in [2.45, 2.75) is 30.5 Å². The van der Waals surface area contributed by atoms with Crippen molar-refractivity contribution in [2.75, 3.05) is 4.72 Å². The smallest absolute Gasteiger partial charge is 0.262 e. The lowest BCUT2D eigenvalue weighted by Gasteiger charge is -2.15. The number of nitrogens with zero attached hydrogens (tertiary/aromatic N) is 2. The molecular weight excluding hydrogens is 425 g/mol. The maximum atomic E-state index is 12.9. The molecule has 23 heavy (non-hydrogen) atoms. The van der Waals surface area contributed by atoms with E-state index >= 15 is 0 Å². The third kappa shape index (κ3) is 3.68. The van der Waals surface area contributed by atoms with E-state index < -0.39 is 10.0 Å². The quantitative estimate of drug-likeness (QED) is 0.712. The Morgan fingerprint density at radius 2 is 1.74 bits per heavy atom. The van der Waals surface area contributed by atoms with Gasteiger partial charge in [-0.2, -0.15) is 5.10 Å². The van der Waals surface area contributed by atoms with E-state index in [0.29, 0.717) is 22.5 Å². The average Bonchev–Trinajstić information content (AvgIpc) is 2.72. The maximum absolute atomic E-state index is 12.9. The van der Waals surface area contributed by atoms with Crippen molar-refractivity contribution < 1.29 is 8.42 Å². The van der Waals surface area contributed by atoms with E-state index in [9.17, 15) is 8.42 Å². The molecular formula is C14H16BrCl2N3O2S. The Bertz CT molecular complexity index is 825. The summed E-state index contributed by atoms with van der Waals surface area (Å²) in [5.74, 6) is 0.120. The number of benzene rings is 1. The predicted molar refractivity (Wildman–Crippen MR) is 96.7 cm³/mol. The van der Waals surface area contributed by atoms with E-state index in [1.165, 1.54) is 0 Å². The molecule has 0 aliphatic rings. The van der Waals surface area contributed by atoms with Gasteiger partial charge in [-0.3, -0.25) is 9.40 Å². The molecule has 0 spiro atoms. The number of halogens is 3. The van der Waals surface area contributed by atoms with Gasteiger partial charge < -0.3 is 0 Å². The van der Waals surface area contributed by atoms with E-state index in [0.717, 1.165) is 10.2 Å². The van der Waals surface area contributed by atoms with Crippen LogP contribution in [0.3, 0.4) is 0 Å². The highest BCUT2D eigenvalue weighted by atomic mass is 79.9. The maximum Gasteiger partial charge on any atom is 0.262 e. The number of nitrogens with one attached hydrogen (secondary N) is 1. The minimum Gasteiger partial charge on any atom is -0.276 e. The summed E-state index contributed by atoms with van der Waals surface area (Å²) in [5.41, 5.74) is 2.77. The Kier molecular flexibility index (Phi) is 5.66. The molecule has 0 radical (unpaired) electrons. The Labute approximate surface area is 154 Å². The SMILES string of the molecule is Cc1nn(C)c(C)c1NS(=O)(=O)c1c(CCl)cc(Br)cc1CCl. The van der Waals surface area contributed by atoms with Crippen LogP contribution in [-0.2, 0) is 28.8 Å². The first-order valence-electron chi connectivity index (χ1n) is 6.67. The summed E-state index contributed by atoms with van der Waals surface area (Å²) in [7, 11) is -2.08. The monoisotopic (exact) mass is 439 g/mol. The summed E-state index contributed by atoms with van der Waals surface area (Å²) in [6.07, 6.45) is 0. The molecule has 1 aromatic carbocycles. The summed E-state index contributed by atoms with van der Waals surface area (Å²) in [5, 5.41) is 4.22. The Morgan fingerprint density at radius 3 is 2.13 bits per heavy atom. The fraction of sp³-hybridized carbons (Fsp3) is 0.357. The second-order valence-electron chi connectivity index (χ2n) is 5.10. The highest BCUT2D eigenvalue weighted by Gasteiger charge is 2.25. The molecule has 0 bridgehead atoms. The molecule has 2 rings (SSSR count). The number of aromatic nitrogens is 2. The van der Waals surface area contributed by atoms with Crippen LogP contribution in [0.25, 0.3) is 0 Å². The van der Waals surface area contributed by atoms with E-state index in [1.807, 2.05) is 0 Å². The highest BCUT2D eigenvalue weighted by molar-refractivity contribution is 9.10. The van der Waals surface area contributed by atoms with Crippen LogP contribution < -0.4 is 4.72 Å².